The van der Waals surface area contributed by atoms with Gasteiger partial charge in [-0.05, 0) is 36.8 Å². The summed E-state index contributed by atoms with van der Waals surface area (Å²) >= 11 is 0. The number of aryl methyl sites for hydroxylation is 1. The fraction of sp³-hybridized carbons (Fsp3) is 0.200. The summed E-state index contributed by atoms with van der Waals surface area (Å²) in [6, 6.07) is 9.73. The highest BCUT2D eigenvalue weighted by Crippen LogP contribution is 2.35. The van der Waals surface area contributed by atoms with Crippen LogP contribution in [0.2, 0.25) is 0 Å². The Morgan fingerprint density at radius 3 is 2.31 bits per heavy atom. The topological polar surface area (TPSA) is 97.7 Å². The monoisotopic (exact) mass is 345 g/mol. The van der Waals surface area contributed by atoms with Gasteiger partial charge in [0.05, 0.1) is 12.8 Å². The van der Waals surface area contributed by atoms with Crippen molar-refractivity contribution in [3.05, 3.63) is 53.6 Å². The van der Waals surface area contributed by atoms with E-state index in [0.717, 1.165) is 40.4 Å². The first kappa shape index (κ1) is 17.4. The minimum atomic E-state index is 0.193. The number of rotatable bonds is 4. The maximum atomic E-state index is 9.59. The Bertz CT molecular complexity index is 973. The summed E-state index contributed by atoms with van der Waals surface area (Å²) in [5.41, 5.74) is 10.4. The molecule has 0 saturated carbocycles. The first-order chi connectivity index (χ1) is 12.6. The summed E-state index contributed by atoms with van der Waals surface area (Å²) in [6.07, 6.45) is 4.21. The number of hydrogen-bond acceptors (Lipinski definition) is 6. The highest BCUT2D eigenvalue weighted by Gasteiger charge is 2.19. The number of nitrogens with zero attached hydrogens (tertiary/aromatic N) is 4. The van der Waals surface area contributed by atoms with Gasteiger partial charge in [0.1, 0.15) is 29.0 Å². The first-order valence-electron chi connectivity index (χ1n) is 8.24. The summed E-state index contributed by atoms with van der Waals surface area (Å²) in [4.78, 5) is 13.2. The van der Waals surface area contributed by atoms with Gasteiger partial charge in [-0.1, -0.05) is 6.92 Å². The maximum absolute atomic E-state index is 9.59. The summed E-state index contributed by atoms with van der Waals surface area (Å²) in [7, 11) is 1.62. The van der Waals surface area contributed by atoms with Crippen LogP contribution in [0.3, 0.4) is 0 Å². The molecule has 0 bridgehead atoms. The summed E-state index contributed by atoms with van der Waals surface area (Å²) < 4.78 is 5.21. The van der Waals surface area contributed by atoms with E-state index >= 15 is 0 Å². The predicted octanol–water partition coefficient (Wildman–Crippen LogP) is 3.54. The van der Waals surface area contributed by atoms with Crippen LogP contribution in [0.1, 0.15) is 23.9 Å². The third kappa shape index (κ3) is 3.07. The van der Waals surface area contributed by atoms with Crippen molar-refractivity contribution >= 4 is 5.82 Å². The van der Waals surface area contributed by atoms with Crippen LogP contribution in [-0.4, -0.2) is 22.1 Å². The molecule has 0 amide bonds. The van der Waals surface area contributed by atoms with Crippen LogP contribution in [0.4, 0.5) is 5.82 Å². The smallest absolute Gasteiger partial charge is 0.142 e. The number of nitrogen functional groups attached to an aromatic ring is 1. The van der Waals surface area contributed by atoms with Crippen LogP contribution >= 0.6 is 0 Å². The van der Waals surface area contributed by atoms with Crippen molar-refractivity contribution in [1.29, 1.82) is 5.26 Å². The van der Waals surface area contributed by atoms with Gasteiger partial charge in [-0.15, -0.1) is 0 Å². The average Bonchev–Trinajstić information content (AvgIpc) is 2.69. The molecule has 0 aliphatic heterocycles. The Labute approximate surface area is 152 Å². The van der Waals surface area contributed by atoms with Crippen LogP contribution in [-0.2, 0) is 6.42 Å². The lowest BCUT2D eigenvalue weighted by Gasteiger charge is -2.15. The molecule has 2 heterocycles. The molecule has 0 atom stereocenters. The van der Waals surface area contributed by atoms with Crippen LogP contribution < -0.4 is 10.5 Å². The quantitative estimate of drug-likeness (QED) is 0.776. The molecular formula is C20H19N5O. The number of aromatic nitrogens is 3. The lowest BCUT2D eigenvalue weighted by molar-refractivity contribution is 0.415. The zero-order valence-corrected chi connectivity index (χ0v) is 14.9. The molecule has 3 rings (SSSR count). The molecule has 26 heavy (non-hydrogen) atoms. The fourth-order valence-corrected chi connectivity index (χ4v) is 2.86. The van der Waals surface area contributed by atoms with E-state index in [2.05, 4.69) is 21.0 Å². The first-order valence-corrected chi connectivity index (χ1v) is 8.24. The summed E-state index contributed by atoms with van der Waals surface area (Å²) in [6.45, 7) is 3.92. The molecule has 3 aromatic rings. The molecule has 0 aliphatic carbocycles. The average molecular weight is 345 g/mol. The number of nitrogens with two attached hydrogens (primary N) is 1. The van der Waals surface area contributed by atoms with Gasteiger partial charge in [0, 0.05) is 35.5 Å². The highest BCUT2D eigenvalue weighted by molar-refractivity contribution is 5.83. The fourth-order valence-electron chi connectivity index (χ4n) is 2.86. The van der Waals surface area contributed by atoms with Gasteiger partial charge in [-0.25, -0.2) is 15.0 Å². The molecule has 6 nitrogen and oxygen atoms in total. The Balaban J connectivity index is 2.22. The van der Waals surface area contributed by atoms with Crippen molar-refractivity contribution in [2.24, 2.45) is 0 Å². The molecule has 1 aromatic carbocycles. The third-order valence-corrected chi connectivity index (χ3v) is 4.25. The van der Waals surface area contributed by atoms with E-state index < -0.39 is 0 Å². The Hall–Kier alpha value is -3.46. The predicted molar refractivity (Wildman–Crippen MR) is 100 cm³/mol. The van der Waals surface area contributed by atoms with Crippen LogP contribution in [0.15, 0.2) is 36.7 Å². The van der Waals surface area contributed by atoms with Gasteiger partial charge in [0.15, 0.2) is 0 Å². The van der Waals surface area contributed by atoms with Gasteiger partial charge >= 0.3 is 0 Å². The molecule has 130 valence electrons. The summed E-state index contributed by atoms with van der Waals surface area (Å²) in [5, 5.41) is 9.59. The van der Waals surface area contributed by atoms with E-state index in [1.807, 2.05) is 38.1 Å². The van der Waals surface area contributed by atoms with Gasteiger partial charge < -0.3 is 10.5 Å². The second-order valence-corrected chi connectivity index (χ2v) is 5.80. The van der Waals surface area contributed by atoms with Crippen LogP contribution in [0, 0.1) is 18.3 Å². The minimum absolute atomic E-state index is 0.193. The normalized spacial score (nSPS) is 10.4. The Morgan fingerprint density at radius 1 is 1.12 bits per heavy atom. The zero-order valence-electron chi connectivity index (χ0n) is 14.9. The molecule has 2 aromatic heterocycles. The van der Waals surface area contributed by atoms with E-state index in [9.17, 15) is 5.26 Å². The zero-order chi connectivity index (χ0) is 18.7. The lowest BCUT2D eigenvalue weighted by Crippen LogP contribution is -2.04. The minimum Gasteiger partial charge on any atom is -0.497 e. The maximum Gasteiger partial charge on any atom is 0.142 e. The molecule has 0 spiro atoms. The Morgan fingerprint density at radius 2 is 1.77 bits per heavy atom. The van der Waals surface area contributed by atoms with Crippen molar-refractivity contribution in [1.82, 2.24) is 15.0 Å². The van der Waals surface area contributed by atoms with Crippen molar-refractivity contribution in [3.8, 4) is 34.2 Å². The number of anilines is 1. The van der Waals surface area contributed by atoms with E-state index in [1.165, 1.54) is 0 Å². The van der Waals surface area contributed by atoms with Crippen LogP contribution in [0.25, 0.3) is 22.4 Å². The number of nitriles is 1. The largest absolute Gasteiger partial charge is 0.497 e. The summed E-state index contributed by atoms with van der Waals surface area (Å²) in [5.74, 6) is 1.71. The van der Waals surface area contributed by atoms with E-state index in [-0.39, 0.29) is 5.82 Å². The molecule has 6 heteroatoms. The van der Waals surface area contributed by atoms with Gasteiger partial charge in [-0.3, -0.25) is 0 Å². The molecule has 0 aliphatic rings. The molecular weight excluding hydrogens is 326 g/mol. The van der Waals surface area contributed by atoms with Gasteiger partial charge in [0.2, 0.25) is 0 Å². The van der Waals surface area contributed by atoms with Gasteiger partial charge in [-0.2, -0.15) is 5.26 Å². The van der Waals surface area contributed by atoms with E-state index in [1.54, 1.807) is 19.5 Å². The number of ether oxygens (including phenoxy) is 1. The van der Waals surface area contributed by atoms with Crippen molar-refractivity contribution < 1.29 is 4.74 Å². The van der Waals surface area contributed by atoms with E-state index in [4.69, 9.17) is 10.5 Å². The second kappa shape index (κ2) is 7.19. The Kier molecular flexibility index (Phi) is 4.81. The van der Waals surface area contributed by atoms with Crippen molar-refractivity contribution in [2.75, 3.05) is 12.8 Å². The molecule has 0 radical (unpaired) electrons. The highest BCUT2D eigenvalue weighted by atomic mass is 16.5. The molecule has 0 unspecified atom stereocenters. The van der Waals surface area contributed by atoms with Crippen molar-refractivity contribution in [2.45, 2.75) is 20.3 Å². The van der Waals surface area contributed by atoms with E-state index in [0.29, 0.717) is 11.1 Å². The third-order valence-electron chi connectivity index (χ3n) is 4.25. The number of benzene rings is 1. The SMILES string of the molecule is CCc1ncc(-c2c(C)c(-c3ccc(OC)cc3)nc(N)c2C#N)cn1. The molecule has 0 saturated heterocycles. The molecule has 2 N–H and O–H groups in total. The second-order valence-electron chi connectivity index (χ2n) is 5.80. The number of methoxy groups -OCH3 is 1. The standard InChI is InChI=1S/C20H19N5O/c1-4-17-23-10-14(11-24-17)18-12(2)19(25-20(22)16(18)9-21)13-5-7-15(26-3)8-6-13/h5-8,10-11H,4H2,1-3H3,(H2,22,25). The molecule has 0 fully saturated rings. The van der Waals surface area contributed by atoms with Crippen molar-refractivity contribution in [3.63, 3.8) is 0 Å². The number of pyridine rings is 1. The van der Waals surface area contributed by atoms with Gasteiger partial charge in [0.25, 0.3) is 0 Å². The number of hydrogen-bond donors (Lipinski definition) is 1. The lowest BCUT2D eigenvalue weighted by atomic mass is 9.94. The van der Waals surface area contributed by atoms with Crippen LogP contribution in [0.5, 0.6) is 5.75 Å².